The average Bonchev–Trinajstić information content (AvgIpc) is 2.74. The van der Waals surface area contributed by atoms with Gasteiger partial charge in [0, 0.05) is 35.3 Å². The van der Waals surface area contributed by atoms with E-state index in [2.05, 4.69) is 58.1 Å². The molecule has 9 nitrogen and oxygen atoms in total. The van der Waals surface area contributed by atoms with E-state index in [4.69, 9.17) is 5.73 Å². The van der Waals surface area contributed by atoms with E-state index in [0.29, 0.717) is 34.0 Å². The Labute approximate surface area is 224 Å². The maximum atomic E-state index is 10.7. The van der Waals surface area contributed by atoms with Crippen LogP contribution in [0.2, 0.25) is 0 Å². The predicted molar refractivity (Wildman–Crippen MR) is 148 cm³/mol. The van der Waals surface area contributed by atoms with Crippen LogP contribution in [-0.2, 0) is 0 Å². The van der Waals surface area contributed by atoms with Gasteiger partial charge in [-0.15, -0.1) is 35.0 Å². The Hall–Kier alpha value is -2.88. The van der Waals surface area contributed by atoms with Gasteiger partial charge in [-0.25, -0.2) is 9.97 Å². The van der Waals surface area contributed by atoms with Crippen LogP contribution in [0.1, 0.15) is 46.1 Å². The van der Waals surface area contributed by atoms with Crippen LogP contribution >= 0.6 is 24.8 Å². The molecule has 0 aliphatic carbocycles. The number of rotatable bonds is 4. The number of hydrogen-bond acceptors (Lipinski definition) is 9. The number of phenolic OH excluding ortho intramolecular Hbond substituents is 1. The molecule has 3 aromatic rings. The Morgan fingerprint density at radius 1 is 1.00 bits per heavy atom. The maximum Gasteiger partial charge on any atom is 0.245 e. The van der Waals surface area contributed by atoms with Crippen molar-refractivity contribution in [1.82, 2.24) is 25.5 Å². The molecule has 11 heteroatoms. The fraction of sp³-hybridized carbons (Fsp3) is 0.440. The van der Waals surface area contributed by atoms with Crippen molar-refractivity contribution in [3.05, 3.63) is 36.0 Å². The standard InChI is InChI=1S/C25H33N7O2.2ClH/c1-14-9-18(28-22(34)21(14)26)15-7-8-17(20(33)10-15)19-13-27-23(30-29-19)32(6)16-11-24(2,3)31-25(4,5)12-16;;/h7-10,13,16,31,33H,11-12,26H2,1-6H3,(H,28,34);2*1H. The van der Waals surface area contributed by atoms with Crippen molar-refractivity contribution in [2.24, 2.45) is 0 Å². The Bertz CT molecular complexity index is 1180. The Balaban J connectivity index is 0.00000228. The number of anilines is 2. The van der Waals surface area contributed by atoms with Gasteiger partial charge in [0.15, 0.2) is 0 Å². The van der Waals surface area contributed by atoms with E-state index < -0.39 is 0 Å². The van der Waals surface area contributed by atoms with Gasteiger partial charge in [-0.1, -0.05) is 6.07 Å². The van der Waals surface area contributed by atoms with Crippen LogP contribution in [0.4, 0.5) is 11.6 Å². The second kappa shape index (κ2) is 10.6. The molecule has 0 unspecified atom stereocenters. The minimum atomic E-state index is -0.228. The topological polar surface area (TPSA) is 133 Å². The zero-order chi connectivity index (χ0) is 24.8. The molecule has 3 heterocycles. The van der Waals surface area contributed by atoms with Gasteiger partial charge >= 0.3 is 0 Å². The number of piperidine rings is 1. The third-order valence-corrected chi connectivity index (χ3v) is 6.40. The zero-order valence-electron chi connectivity index (χ0n) is 21.4. The number of pyridine rings is 1. The van der Waals surface area contributed by atoms with E-state index in [1.165, 1.54) is 0 Å². The SMILES string of the molecule is Cc1cc(-c2ccc(-c3cnc(N(C)C4CC(C)(C)NC(C)(C)C4)nn3)c(O)c2)nc(O)c1N.Cl.Cl. The lowest BCUT2D eigenvalue weighted by Crippen LogP contribution is -2.62. The van der Waals surface area contributed by atoms with E-state index in [0.717, 1.165) is 12.8 Å². The number of aromatic hydroxyl groups is 2. The Morgan fingerprint density at radius 2 is 1.64 bits per heavy atom. The van der Waals surface area contributed by atoms with Crippen LogP contribution < -0.4 is 16.0 Å². The molecule has 0 amide bonds. The zero-order valence-corrected chi connectivity index (χ0v) is 23.0. The third kappa shape index (κ3) is 6.08. The number of nitrogens with zero attached hydrogens (tertiary/aromatic N) is 5. The molecule has 0 radical (unpaired) electrons. The minimum absolute atomic E-state index is 0. The molecule has 36 heavy (non-hydrogen) atoms. The highest BCUT2D eigenvalue weighted by Crippen LogP contribution is 2.35. The lowest BCUT2D eigenvalue weighted by atomic mass is 9.79. The summed E-state index contributed by atoms with van der Waals surface area (Å²) in [5.74, 6) is 0.344. The van der Waals surface area contributed by atoms with E-state index >= 15 is 0 Å². The number of benzene rings is 1. The number of nitrogens with one attached hydrogen (secondary N) is 1. The number of halogens is 2. The molecule has 5 N–H and O–H groups in total. The molecule has 196 valence electrons. The number of nitrogens with two attached hydrogens (primary N) is 1. The lowest BCUT2D eigenvalue weighted by molar-refractivity contribution is 0.160. The fourth-order valence-electron chi connectivity index (χ4n) is 4.98. The highest BCUT2D eigenvalue weighted by atomic mass is 35.5. The Morgan fingerprint density at radius 3 is 2.17 bits per heavy atom. The summed E-state index contributed by atoms with van der Waals surface area (Å²) >= 11 is 0. The van der Waals surface area contributed by atoms with E-state index in [-0.39, 0.29) is 59.3 Å². The van der Waals surface area contributed by atoms with Crippen molar-refractivity contribution in [2.45, 2.75) is 64.6 Å². The molecular weight excluding hydrogens is 501 g/mol. The molecule has 4 rings (SSSR count). The van der Waals surface area contributed by atoms with Crippen LogP contribution in [0.15, 0.2) is 30.5 Å². The Kier molecular flexibility index (Phi) is 8.66. The minimum Gasteiger partial charge on any atom is -0.507 e. The monoisotopic (exact) mass is 535 g/mol. The average molecular weight is 537 g/mol. The second-order valence-electron chi connectivity index (χ2n) is 10.5. The molecule has 2 aromatic heterocycles. The molecule has 1 aliphatic rings. The summed E-state index contributed by atoms with van der Waals surface area (Å²) in [5.41, 5.74) is 8.89. The van der Waals surface area contributed by atoms with Gasteiger partial charge in [0.25, 0.3) is 0 Å². The molecule has 0 atom stereocenters. The lowest BCUT2D eigenvalue weighted by Gasteiger charge is -2.48. The highest BCUT2D eigenvalue weighted by molar-refractivity contribution is 5.85. The fourth-order valence-corrected chi connectivity index (χ4v) is 4.98. The largest absolute Gasteiger partial charge is 0.507 e. The molecule has 0 bridgehead atoms. The van der Waals surface area contributed by atoms with Crippen molar-refractivity contribution in [3.8, 4) is 34.1 Å². The first kappa shape index (κ1) is 29.4. The molecule has 0 spiro atoms. The quantitative estimate of drug-likeness (QED) is 0.381. The molecule has 1 saturated heterocycles. The summed E-state index contributed by atoms with van der Waals surface area (Å²) in [6.45, 7) is 10.6. The van der Waals surface area contributed by atoms with Crippen molar-refractivity contribution >= 4 is 36.4 Å². The summed E-state index contributed by atoms with van der Waals surface area (Å²) in [5, 5.41) is 33.0. The summed E-state index contributed by atoms with van der Waals surface area (Å²) in [6.07, 6.45) is 3.56. The maximum absolute atomic E-state index is 10.7. The molecule has 1 fully saturated rings. The van der Waals surface area contributed by atoms with Gasteiger partial charge in [-0.2, -0.15) is 0 Å². The molecular formula is C25H35Cl2N7O2. The van der Waals surface area contributed by atoms with Crippen LogP contribution in [0.25, 0.3) is 22.5 Å². The van der Waals surface area contributed by atoms with E-state index in [9.17, 15) is 10.2 Å². The number of nitrogen functional groups attached to an aromatic ring is 1. The summed E-state index contributed by atoms with van der Waals surface area (Å²) in [7, 11) is 2.00. The van der Waals surface area contributed by atoms with Crippen LogP contribution in [0, 0.1) is 6.92 Å². The van der Waals surface area contributed by atoms with Crippen molar-refractivity contribution in [2.75, 3.05) is 17.7 Å². The summed E-state index contributed by atoms with van der Waals surface area (Å²) in [4.78, 5) is 10.7. The van der Waals surface area contributed by atoms with Crippen molar-refractivity contribution in [1.29, 1.82) is 0 Å². The second-order valence-corrected chi connectivity index (χ2v) is 10.5. The summed E-state index contributed by atoms with van der Waals surface area (Å²) in [6, 6.07) is 7.15. The first-order chi connectivity index (χ1) is 15.8. The molecule has 1 aromatic carbocycles. The van der Waals surface area contributed by atoms with Crippen molar-refractivity contribution in [3.63, 3.8) is 0 Å². The van der Waals surface area contributed by atoms with Crippen LogP contribution in [-0.4, -0.2) is 54.5 Å². The van der Waals surface area contributed by atoms with Crippen LogP contribution in [0.3, 0.4) is 0 Å². The molecule has 1 aliphatic heterocycles. The number of phenols is 1. The third-order valence-electron chi connectivity index (χ3n) is 6.40. The van der Waals surface area contributed by atoms with Gasteiger partial charge in [-0.05, 0) is 71.2 Å². The highest BCUT2D eigenvalue weighted by Gasteiger charge is 2.39. The predicted octanol–water partition coefficient (Wildman–Crippen LogP) is 4.49. The van der Waals surface area contributed by atoms with Gasteiger partial charge < -0.3 is 26.2 Å². The molecule has 0 saturated carbocycles. The number of aryl methyl sites for hydroxylation is 1. The summed E-state index contributed by atoms with van der Waals surface area (Å²) < 4.78 is 0. The first-order valence-corrected chi connectivity index (χ1v) is 11.4. The number of aromatic nitrogens is 4. The van der Waals surface area contributed by atoms with E-state index in [1.54, 1.807) is 37.4 Å². The van der Waals surface area contributed by atoms with Gasteiger partial charge in [-0.3, -0.25) is 0 Å². The first-order valence-electron chi connectivity index (χ1n) is 11.4. The van der Waals surface area contributed by atoms with Crippen LogP contribution in [0.5, 0.6) is 11.6 Å². The van der Waals surface area contributed by atoms with Gasteiger partial charge in [0.05, 0.1) is 17.6 Å². The van der Waals surface area contributed by atoms with Gasteiger partial charge in [0.1, 0.15) is 11.4 Å². The smallest absolute Gasteiger partial charge is 0.245 e. The van der Waals surface area contributed by atoms with Crippen molar-refractivity contribution < 1.29 is 10.2 Å². The van der Waals surface area contributed by atoms with E-state index in [1.807, 2.05) is 7.05 Å². The van der Waals surface area contributed by atoms with Gasteiger partial charge in [0.2, 0.25) is 11.8 Å². The normalized spacial score (nSPS) is 16.5. The number of hydrogen-bond donors (Lipinski definition) is 4.